The van der Waals surface area contributed by atoms with E-state index in [4.69, 9.17) is 0 Å². The molecule has 1 rings (SSSR count). The first-order valence-electron chi connectivity index (χ1n) is 5.14. The van der Waals surface area contributed by atoms with Gasteiger partial charge in [-0.3, -0.25) is 4.79 Å². The van der Waals surface area contributed by atoms with E-state index >= 15 is 0 Å². The van der Waals surface area contributed by atoms with Crippen LogP contribution in [0.3, 0.4) is 0 Å². The van der Waals surface area contributed by atoms with Crippen LogP contribution in [-0.4, -0.2) is 25.5 Å². The van der Waals surface area contributed by atoms with Crippen LogP contribution in [0.5, 0.6) is 0 Å². The molecule has 1 unspecified atom stereocenters. The molecule has 76 valence electrons. The molecule has 1 fully saturated rings. The van der Waals surface area contributed by atoms with Gasteiger partial charge in [-0.15, -0.1) is 0 Å². The molecule has 0 aliphatic carbocycles. The lowest BCUT2D eigenvalue weighted by molar-refractivity contribution is -0.121. The van der Waals surface area contributed by atoms with E-state index in [1.807, 2.05) is 6.92 Å². The summed E-state index contributed by atoms with van der Waals surface area (Å²) in [4.78, 5) is 11.1. The number of nitrogens with one attached hydrogen (secondary N) is 2. The molecular formula is C10H20N2O. The van der Waals surface area contributed by atoms with Crippen molar-refractivity contribution in [3.05, 3.63) is 0 Å². The minimum atomic E-state index is 0.159. The fourth-order valence-electron chi connectivity index (χ4n) is 1.71. The van der Waals surface area contributed by atoms with Gasteiger partial charge < -0.3 is 10.6 Å². The van der Waals surface area contributed by atoms with E-state index in [0.29, 0.717) is 6.42 Å². The summed E-state index contributed by atoms with van der Waals surface area (Å²) >= 11 is 0. The van der Waals surface area contributed by atoms with Crippen LogP contribution in [0, 0.1) is 5.41 Å². The maximum absolute atomic E-state index is 11.1. The normalized spacial score (nSPS) is 28.5. The molecule has 0 aromatic carbocycles. The number of piperidine rings is 1. The fraction of sp³-hybridized carbons (Fsp3) is 0.900. The number of rotatable bonds is 3. The molecule has 1 atom stereocenters. The molecule has 0 aromatic heterocycles. The number of hydrogen-bond acceptors (Lipinski definition) is 2. The number of carbonyl (C=O) groups excluding carboxylic acids is 1. The van der Waals surface area contributed by atoms with Gasteiger partial charge in [-0.25, -0.2) is 0 Å². The SMILES string of the molecule is CCC(=O)NCC1(C)CCCNC1. The average Bonchev–Trinajstić information content (AvgIpc) is 2.15. The van der Waals surface area contributed by atoms with Crippen molar-refractivity contribution in [3.8, 4) is 0 Å². The van der Waals surface area contributed by atoms with E-state index in [1.165, 1.54) is 12.8 Å². The molecule has 0 spiro atoms. The Morgan fingerprint density at radius 2 is 2.38 bits per heavy atom. The summed E-state index contributed by atoms with van der Waals surface area (Å²) in [5.41, 5.74) is 0.267. The van der Waals surface area contributed by atoms with Crippen LogP contribution in [-0.2, 0) is 4.79 Å². The highest BCUT2D eigenvalue weighted by atomic mass is 16.1. The standard InChI is InChI=1S/C10H20N2O/c1-3-9(13)12-8-10(2)5-4-6-11-7-10/h11H,3-8H2,1-2H3,(H,12,13). The first-order valence-corrected chi connectivity index (χ1v) is 5.14. The molecule has 0 saturated carbocycles. The van der Waals surface area contributed by atoms with Crippen LogP contribution in [0.1, 0.15) is 33.1 Å². The zero-order valence-electron chi connectivity index (χ0n) is 8.65. The van der Waals surface area contributed by atoms with Gasteiger partial charge in [-0.05, 0) is 24.8 Å². The largest absolute Gasteiger partial charge is 0.356 e. The number of amides is 1. The van der Waals surface area contributed by atoms with Gasteiger partial charge in [0, 0.05) is 19.5 Å². The molecule has 1 heterocycles. The molecule has 0 radical (unpaired) electrons. The summed E-state index contributed by atoms with van der Waals surface area (Å²) < 4.78 is 0. The topological polar surface area (TPSA) is 41.1 Å². The van der Waals surface area contributed by atoms with Gasteiger partial charge in [0.15, 0.2) is 0 Å². The zero-order chi connectivity index (χ0) is 9.73. The predicted molar refractivity (Wildman–Crippen MR) is 53.5 cm³/mol. The smallest absolute Gasteiger partial charge is 0.219 e. The third-order valence-corrected chi connectivity index (χ3v) is 2.72. The summed E-state index contributed by atoms with van der Waals surface area (Å²) in [5.74, 6) is 0.159. The van der Waals surface area contributed by atoms with Crippen LogP contribution < -0.4 is 10.6 Å². The Bertz CT molecular complexity index is 174. The van der Waals surface area contributed by atoms with Gasteiger partial charge in [0.1, 0.15) is 0 Å². The van der Waals surface area contributed by atoms with E-state index in [0.717, 1.165) is 19.6 Å². The van der Waals surface area contributed by atoms with Crippen LogP contribution in [0.2, 0.25) is 0 Å². The molecule has 1 aliphatic rings. The van der Waals surface area contributed by atoms with Crippen molar-refractivity contribution in [3.63, 3.8) is 0 Å². The molecule has 3 nitrogen and oxygen atoms in total. The van der Waals surface area contributed by atoms with Gasteiger partial charge in [0.05, 0.1) is 0 Å². The Morgan fingerprint density at radius 1 is 1.62 bits per heavy atom. The monoisotopic (exact) mass is 184 g/mol. The molecule has 1 saturated heterocycles. The van der Waals surface area contributed by atoms with Crippen molar-refractivity contribution in [2.45, 2.75) is 33.1 Å². The van der Waals surface area contributed by atoms with E-state index in [2.05, 4.69) is 17.6 Å². The first-order chi connectivity index (χ1) is 6.16. The van der Waals surface area contributed by atoms with Gasteiger partial charge in [-0.1, -0.05) is 13.8 Å². The summed E-state index contributed by atoms with van der Waals surface area (Å²) in [7, 11) is 0. The van der Waals surface area contributed by atoms with Gasteiger partial charge in [0.25, 0.3) is 0 Å². The Hall–Kier alpha value is -0.570. The maximum atomic E-state index is 11.1. The van der Waals surface area contributed by atoms with Crippen molar-refractivity contribution < 1.29 is 4.79 Å². The summed E-state index contributed by atoms with van der Waals surface area (Å²) in [6, 6.07) is 0. The average molecular weight is 184 g/mol. The van der Waals surface area contributed by atoms with Gasteiger partial charge in [-0.2, -0.15) is 0 Å². The molecular weight excluding hydrogens is 164 g/mol. The zero-order valence-corrected chi connectivity index (χ0v) is 8.65. The molecule has 2 N–H and O–H groups in total. The second-order valence-corrected chi connectivity index (χ2v) is 4.22. The number of hydrogen-bond donors (Lipinski definition) is 2. The van der Waals surface area contributed by atoms with Crippen molar-refractivity contribution >= 4 is 5.91 Å². The Morgan fingerprint density at radius 3 is 2.92 bits per heavy atom. The van der Waals surface area contributed by atoms with Crippen LogP contribution in [0.25, 0.3) is 0 Å². The molecule has 1 amide bonds. The van der Waals surface area contributed by atoms with Crippen LogP contribution in [0.15, 0.2) is 0 Å². The van der Waals surface area contributed by atoms with Crippen molar-refractivity contribution in [2.24, 2.45) is 5.41 Å². The summed E-state index contributed by atoms with van der Waals surface area (Å²) in [6.07, 6.45) is 3.02. The highest BCUT2D eigenvalue weighted by Crippen LogP contribution is 2.23. The van der Waals surface area contributed by atoms with E-state index in [-0.39, 0.29) is 11.3 Å². The van der Waals surface area contributed by atoms with Crippen LogP contribution >= 0.6 is 0 Å². The van der Waals surface area contributed by atoms with E-state index in [9.17, 15) is 4.79 Å². The van der Waals surface area contributed by atoms with E-state index in [1.54, 1.807) is 0 Å². The van der Waals surface area contributed by atoms with E-state index < -0.39 is 0 Å². The molecule has 0 bridgehead atoms. The van der Waals surface area contributed by atoms with Crippen molar-refractivity contribution in [1.29, 1.82) is 0 Å². The lowest BCUT2D eigenvalue weighted by atomic mass is 9.83. The minimum absolute atomic E-state index is 0.159. The molecule has 3 heteroatoms. The summed E-state index contributed by atoms with van der Waals surface area (Å²) in [6.45, 7) is 7.08. The Kier molecular flexibility index (Phi) is 3.72. The first kappa shape index (κ1) is 10.5. The molecule has 1 aliphatic heterocycles. The molecule has 0 aromatic rings. The third kappa shape index (κ3) is 3.35. The van der Waals surface area contributed by atoms with Crippen LogP contribution in [0.4, 0.5) is 0 Å². The predicted octanol–water partition coefficient (Wildman–Crippen LogP) is 0.902. The quantitative estimate of drug-likeness (QED) is 0.684. The highest BCUT2D eigenvalue weighted by molar-refractivity contribution is 5.75. The lowest BCUT2D eigenvalue weighted by Crippen LogP contribution is -2.45. The minimum Gasteiger partial charge on any atom is -0.356 e. The van der Waals surface area contributed by atoms with Crippen molar-refractivity contribution in [1.82, 2.24) is 10.6 Å². The highest BCUT2D eigenvalue weighted by Gasteiger charge is 2.26. The second-order valence-electron chi connectivity index (χ2n) is 4.22. The second kappa shape index (κ2) is 4.61. The third-order valence-electron chi connectivity index (χ3n) is 2.72. The summed E-state index contributed by atoms with van der Waals surface area (Å²) in [5, 5.41) is 6.33. The van der Waals surface area contributed by atoms with Crippen molar-refractivity contribution in [2.75, 3.05) is 19.6 Å². The van der Waals surface area contributed by atoms with Gasteiger partial charge in [0.2, 0.25) is 5.91 Å². The molecule has 13 heavy (non-hydrogen) atoms. The maximum Gasteiger partial charge on any atom is 0.219 e. The Balaban J connectivity index is 2.28. The Labute approximate surface area is 80.3 Å². The number of carbonyl (C=O) groups is 1. The lowest BCUT2D eigenvalue weighted by Gasteiger charge is -2.34. The van der Waals surface area contributed by atoms with Gasteiger partial charge >= 0.3 is 0 Å². The fourth-order valence-corrected chi connectivity index (χ4v) is 1.71.